The second-order valence-corrected chi connectivity index (χ2v) is 4.01. The number of aromatic nitrogens is 2. The molecule has 0 amide bonds. The Kier molecular flexibility index (Phi) is 3.83. The number of nitrogens with zero attached hydrogens (tertiary/aromatic N) is 2. The van der Waals surface area contributed by atoms with Gasteiger partial charge in [-0.2, -0.15) is 4.98 Å². The molecule has 0 saturated carbocycles. The maximum atomic E-state index is 13.6. The normalized spacial score (nSPS) is 10.3. The molecule has 18 heavy (non-hydrogen) atoms. The lowest BCUT2D eigenvalue weighted by Gasteiger charge is -2.07. The fourth-order valence-corrected chi connectivity index (χ4v) is 1.61. The molecule has 0 spiro atoms. The van der Waals surface area contributed by atoms with Gasteiger partial charge in [-0.3, -0.25) is 0 Å². The largest absolute Gasteiger partial charge is 0.389 e. The molecule has 0 aliphatic carbocycles. The van der Waals surface area contributed by atoms with E-state index in [0.29, 0.717) is 24.5 Å². The van der Waals surface area contributed by atoms with Crippen LogP contribution in [0.2, 0.25) is 0 Å². The molecular weight excluding hydrogens is 255 g/mol. The number of nitrogens with two attached hydrogens (primary N) is 1. The van der Waals surface area contributed by atoms with Crippen LogP contribution < -0.4 is 11.1 Å². The number of rotatable bonds is 5. The Morgan fingerprint density at radius 1 is 1.50 bits per heavy atom. The summed E-state index contributed by atoms with van der Waals surface area (Å²) in [4.78, 5) is 3.92. The quantitative estimate of drug-likeness (QED) is 0.799. The predicted octanol–water partition coefficient (Wildman–Crippen LogP) is 1.50. The smallest absolute Gasteiger partial charge is 0.228 e. The molecule has 1 heterocycles. The second kappa shape index (κ2) is 5.54. The van der Waals surface area contributed by atoms with Gasteiger partial charge in [0.05, 0.1) is 0 Å². The highest BCUT2D eigenvalue weighted by Gasteiger charge is 2.06. The summed E-state index contributed by atoms with van der Waals surface area (Å²) in [6.45, 7) is 0.564. The van der Waals surface area contributed by atoms with E-state index in [9.17, 15) is 4.39 Å². The van der Waals surface area contributed by atoms with E-state index in [1.54, 1.807) is 12.1 Å². The first-order valence-corrected chi connectivity index (χ1v) is 5.66. The first-order valence-electron chi connectivity index (χ1n) is 5.25. The third-order valence-corrected chi connectivity index (χ3v) is 2.53. The predicted molar refractivity (Wildman–Crippen MR) is 68.8 cm³/mol. The third kappa shape index (κ3) is 3.01. The Hall–Kier alpha value is -2.02. The molecule has 1 aromatic carbocycles. The molecule has 1 aromatic heterocycles. The highest BCUT2D eigenvalue weighted by atomic mass is 32.1. The Balaban J connectivity index is 1.94. The lowest BCUT2D eigenvalue weighted by atomic mass is 10.2. The fraction of sp³-hybridized carbons (Fsp3) is 0.182. The lowest BCUT2D eigenvalue weighted by Crippen LogP contribution is -2.12. The molecule has 0 saturated heterocycles. The number of hydrogen-bond acceptors (Lipinski definition) is 5. The topological polar surface area (TPSA) is 77.0 Å². The van der Waals surface area contributed by atoms with E-state index in [2.05, 4.69) is 15.5 Å². The molecule has 2 aromatic rings. The molecule has 5 nitrogen and oxygen atoms in total. The average molecular weight is 266 g/mol. The van der Waals surface area contributed by atoms with Gasteiger partial charge in [0.2, 0.25) is 5.89 Å². The molecule has 0 fully saturated rings. The second-order valence-electron chi connectivity index (χ2n) is 3.57. The highest BCUT2D eigenvalue weighted by molar-refractivity contribution is 7.80. The molecule has 2 rings (SSSR count). The van der Waals surface area contributed by atoms with Crippen molar-refractivity contribution in [3.8, 4) is 0 Å². The Morgan fingerprint density at radius 2 is 2.33 bits per heavy atom. The van der Waals surface area contributed by atoms with Crippen molar-refractivity contribution in [2.24, 2.45) is 5.73 Å². The van der Waals surface area contributed by atoms with Gasteiger partial charge < -0.3 is 15.6 Å². The minimum absolute atomic E-state index is 0.0462. The molecule has 7 heteroatoms. The standard InChI is InChI=1S/C11H11FN4OS/c12-9-5-7(1-2-8(9)11(13)18)14-4-3-10-15-6-16-17-10/h1-2,5-6,14H,3-4H2,(H2,13,18). The van der Waals surface area contributed by atoms with Crippen molar-refractivity contribution >= 4 is 22.9 Å². The van der Waals surface area contributed by atoms with Crippen LogP contribution in [-0.2, 0) is 6.42 Å². The van der Waals surface area contributed by atoms with Crippen molar-refractivity contribution in [2.75, 3.05) is 11.9 Å². The lowest BCUT2D eigenvalue weighted by molar-refractivity contribution is 0.380. The minimum atomic E-state index is -0.440. The number of halogens is 1. The Morgan fingerprint density at radius 3 is 2.94 bits per heavy atom. The number of thiocarbonyl (C=S) groups is 1. The monoisotopic (exact) mass is 266 g/mol. The maximum Gasteiger partial charge on any atom is 0.228 e. The van der Waals surface area contributed by atoms with E-state index in [4.69, 9.17) is 22.5 Å². The number of nitrogens with one attached hydrogen (secondary N) is 1. The van der Waals surface area contributed by atoms with Gasteiger partial charge in [-0.05, 0) is 18.2 Å². The molecule has 0 radical (unpaired) electrons. The zero-order valence-electron chi connectivity index (χ0n) is 9.39. The van der Waals surface area contributed by atoms with Gasteiger partial charge in [0.15, 0.2) is 6.33 Å². The maximum absolute atomic E-state index is 13.6. The summed E-state index contributed by atoms with van der Waals surface area (Å²) >= 11 is 4.72. The molecule has 0 atom stereocenters. The van der Waals surface area contributed by atoms with E-state index >= 15 is 0 Å². The highest BCUT2D eigenvalue weighted by Crippen LogP contribution is 2.14. The fourth-order valence-electron chi connectivity index (χ4n) is 1.44. The van der Waals surface area contributed by atoms with Gasteiger partial charge in [-0.25, -0.2) is 4.39 Å². The van der Waals surface area contributed by atoms with Gasteiger partial charge in [0, 0.05) is 24.2 Å². The van der Waals surface area contributed by atoms with E-state index in [-0.39, 0.29) is 10.6 Å². The van der Waals surface area contributed by atoms with Crippen LogP contribution in [0, 0.1) is 5.82 Å². The summed E-state index contributed by atoms with van der Waals surface area (Å²) in [7, 11) is 0. The molecule has 3 N–H and O–H groups in total. The van der Waals surface area contributed by atoms with Crippen LogP contribution in [0.15, 0.2) is 29.0 Å². The van der Waals surface area contributed by atoms with Crippen LogP contribution in [0.1, 0.15) is 11.5 Å². The molecule has 0 unspecified atom stereocenters. The van der Waals surface area contributed by atoms with Crippen molar-refractivity contribution in [1.29, 1.82) is 0 Å². The Labute approximate surface area is 108 Å². The van der Waals surface area contributed by atoms with E-state index in [0.717, 1.165) is 0 Å². The van der Waals surface area contributed by atoms with Gasteiger partial charge in [0.25, 0.3) is 0 Å². The summed E-state index contributed by atoms with van der Waals surface area (Å²) in [5.74, 6) is 0.0908. The van der Waals surface area contributed by atoms with Gasteiger partial charge in [-0.15, -0.1) is 0 Å². The molecule has 0 bridgehead atoms. The van der Waals surface area contributed by atoms with Gasteiger partial charge >= 0.3 is 0 Å². The van der Waals surface area contributed by atoms with Crippen molar-refractivity contribution < 1.29 is 8.91 Å². The number of hydrogen-bond donors (Lipinski definition) is 2. The van der Waals surface area contributed by atoms with Crippen molar-refractivity contribution in [3.63, 3.8) is 0 Å². The van der Waals surface area contributed by atoms with Crippen LogP contribution >= 0.6 is 12.2 Å². The molecule has 94 valence electrons. The summed E-state index contributed by atoms with van der Waals surface area (Å²) in [5, 5.41) is 6.53. The number of benzene rings is 1. The zero-order chi connectivity index (χ0) is 13.0. The van der Waals surface area contributed by atoms with Crippen molar-refractivity contribution in [2.45, 2.75) is 6.42 Å². The molecular formula is C11H11FN4OS. The first-order chi connectivity index (χ1) is 8.66. The van der Waals surface area contributed by atoms with Crippen molar-refractivity contribution in [3.05, 3.63) is 41.8 Å². The Bertz CT molecular complexity index is 544. The first kappa shape index (κ1) is 12.4. The van der Waals surface area contributed by atoms with Gasteiger partial charge in [0.1, 0.15) is 10.8 Å². The minimum Gasteiger partial charge on any atom is -0.389 e. The summed E-state index contributed by atoms with van der Waals surface area (Å²) in [6.07, 6.45) is 1.91. The van der Waals surface area contributed by atoms with E-state index < -0.39 is 5.82 Å². The van der Waals surface area contributed by atoms with Crippen LogP contribution in [0.25, 0.3) is 0 Å². The average Bonchev–Trinajstić information content (AvgIpc) is 2.81. The van der Waals surface area contributed by atoms with E-state index in [1.807, 2.05) is 0 Å². The zero-order valence-corrected chi connectivity index (χ0v) is 10.2. The molecule has 0 aliphatic heterocycles. The number of anilines is 1. The van der Waals surface area contributed by atoms with E-state index in [1.165, 1.54) is 12.4 Å². The van der Waals surface area contributed by atoms with Crippen LogP contribution in [-0.4, -0.2) is 21.7 Å². The molecule has 0 aliphatic rings. The summed E-state index contributed by atoms with van der Waals surface area (Å²) < 4.78 is 18.4. The van der Waals surface area contributed by atoms with Crippen molar-refractivity contribution in [1.82, 2.24) is 10.1 Å². The van der Waals surface area contributed by atoms with Gasteiger partial charge in [-0.1, -0.05) is 17.4 Å². The van der Waals surface area contributed by atoms with Crippen LogP contribution in [0.3, 0.4) is 0 Å². The summed E-state index contributed by atoms with van der Waals surface area (Å²) in [5.41, 5.74) is 6.26. The summed E-state index contributed by atoms with van der Waals surface area (Å²) in [6, 6.07) is 4.61. The third-order valence-electron chi connectivity index (χ3n) is 2.31. The van der Waals surface area contributed by atoms with Crippen LogP contribution in [0.5, 0.6) is 0 Å². The SMILES string of the molecule is NC(=S)c1ccc(NCCc2ncno2)cc1F. The van der Waals surface area contributed by atoms with Crippen LogP contribution in [0.4, 0.5) is 10.1 Å².